The molecular formula is C12H24N4O. The number of likely N-dealkylation sites (N-methyl/N-ethyl adjacent to an activating group) is 1. The van der Waals surface area contributed by atoms with Gasteiger partial charge in [-0.15, -0.1) is 0 Å². The summed E-state index contributed by atoms with van der Waals surface area (Å²) in [6.45, 7) is 8.29. The Morgan fingerprint density at radius 1 is 1.24 bits per heavy atom. The summed E-state index contributed by atoms with van der Waals surface area (Å²) in [5.74, 6) is 0. The number of rotatable bonds is 1. The molecule has 5 nitrogen and oxygen atoms in total. The maximum atomic E-state index is 11.8. The number of carbonyl (C=O) groups excluding carboxylic acids is 1. The molecule has 1 spiro atoms. The van der Waals surface area contributed by atoms with Gasteiger partial charge in [0.05, 0.1) is 12.2 Å². The van der Waals surface area contributed by atoms with Crippen LogP contribution in [0.4, 0.5) is 4.79 Å². The Morgan fingerprint density at radius 3 is 2.24 bits per heavy atom. The number of urea groups is 1. The summed E-state index contributed by atoms with van der Waals surface area (Å²) >= 11 is 0. The zero-order valence-electron chi connectivity index (χ0n) is 11.6. The maximum absolute atomic E-state index is 11.8. The molecule has 98 valence electrons. The van der Waals surface area contributed by atoms with Crippen molar-refractivity contribution in [1.29, 1.82) is 0 Å². The molecule has 0 aromatic rings. The monoisotopic (exact) mass is 240 g/mol. The minimum Gasteiger partial charge on any atom is -0.331 e. The van der Waals surface area contributed by atoms with E-state index in [1.807, 2.05) is 19.0 Å². The van der Waals surface area contributed by atoms with E-state index in [2.05, 4.69) is 30.7 Å². The van der Waals surface area contributed by atoms with Crippen molar-refractivity contribution in [3.63, 3.8) is 0 Å². The second kappa shape index (κ2) is 4.14. The van der Waals surface area contributed by atoms with E-state index in [9.17, 15) is 4.79 Å². The highest BCUT2D eigenvalue weighted by Gasteiger charge is 2.53. The molecule has 0 aromatic heterocycles. The number of carbonyl (C=O) groups is 1. The fourth-order valence-electron chi connectivity index (χ4n) is 2.74. The van der Waals surface area contributed by atoms with E-state index in [0.717, 1.165) is 26.3 Å². The number of likely N-dealkylation sites (tertiary alicyclic amines) is 1. The van der Waals surface area contributed by atoms with Gasteiger partial charge in [-0.25, -0.2) is 4.79 Å². The second-order valence-electron chi connectivity index (χ2n) is 5.94. The van der Waals surface area contributed by atoms with Crippen LogP contribution in [-0.2, 0) is 0 Å². The van der Waals surface area contributed by atoms with Crippen LogP contribution in [0.15, 0.2) is 0 Å². The van der Waals surface area contributed by atoms with Crippen LogP contribution in [0.25, 0.3) is 0 Å². The Labute approximate surface area is 104 Å². The van der Waals surface area contributed by atoms with E-state index in [0.29, 0.717) is 6.04 Å². The molecule has 0 radical (unpaired) electrons. The van der Waals surface area contributed by atoms with Gasteiger partial charge < -0.3 is 9.80 Å². The van der Waals surface area contributed by atoms with E-state index in [4.69, 9.17) is 0 Å². The van der Waals surface area contributed by atoms with Crippen molar-refractivity contribution >= 4 is 6.03 Å². The summed E-state index contributed by atoms with van der Waals surface area (Å²) in [6, 6.07) is 0.711. The zero-order valence-corrected chi connectivity index (χ0v) is 11.6. The largest absolute Gasteiger partial charge is 0.331 e. The van der Waals surface area contributed by atoms with Gasteiger partial charge >= 0.3 is 6.03 Å². The number of amides is 2. The molecule has 5 heteroatoms. The minimum atomic E-state index is 0.132. The lowest BCUT2D eigenvalue weighted by Crippen LogP contribution is -2.71. The van der Waals surface area contributed by atoms with Gasteiger partial charge in [0.15, 0.2) is 0 Å². The quantitative estimate of drug-likeness (QED) is 0.662. The minimum absolute atomic E-state index is 0.132. The number of hydrogen-bond donors (Lipinski definition) is 0. The van der Waals surface area contributed by atoms with Crippen LogP contribution in [0.2, 0.25) is 0 Å². The van der Waals surface area contributed by atoms with Gasteiger partial charge in [-0.05, 0) is 20.9 Å². The standard InChI is InChI=1S/C12H24N4O/c1-10(2)16-8-12(14(5)9-16)6-15(7-12)11(17)13(3)4/h10H,6-9H2,1-5H3. The van der Waals surface area contributed by atoms with Gasteiger partial charge in [0.1, 0.15) is 0 Å². The molecule has 2 rings (SSSR count). The van der Waals surface area contributed by atoms with Gasteiger partial charge in [-0.3, -0.25) is 9.80 Å². The number of hydrogen-bond acceptors (Lipinski definition) is 3. The normalized spacial score (nSPS) is 24.5. The number of nitrogens with zero attached hydrogens (tertiary/aromatic N) is 4. The van der Waals surface area contributed by atoms with Crippen molar-refractivity contribution in [2.75, 3.05) is 47.4 Å². The lowest BCUT2D eigenvalue weighted by Gasteiger charge is -2.51. The Bertz CT molecular complexity index is 310. The van der Waals surface area contributed by atoms with Gasteiger partial charge in [-0.2, -0.15) is 0 Å². The second-order valence-corrected chi connectivity index (χ2v) is 5.94. The van der Waals surface area contributed by atoms with E-state index in [1.54, 1.807) is 4.90 Å². The molecule has 0 N–H and O–H groups in total. The van der Waals surface area contributed by atoms with Crippen LogP contribution in [0.3, 0.4) is 0 Å². The van der Waals surface area contributed by atoms with Crippen LogP contribution < -0.4 is 0 Å². The summed E-state index contributed by atoms with van der Waals surface area (Å²) in [6.07, 6.45) is 0. The summed E-state index contributed by atoms with van der Waals surface area (Å²) < 4.78 is 0. The third-order valence-electron chi connectivity index (χ3n) is 4.05. The molecule has 0 bridgehead atoms. The average Bonchev–Trinajstić information content (AvgIpc) is 2.52. The molecule has 2 heterocycles. The van der Waals surface area contributed by atoms with Crippen LogP contribution in [0, 0.1) is 0 Å². The SMILES string of the molecule is CC(C)N1CN(C)C2(CN(C(=O)N(C)C)C2)C1. The molecule has 2 aliphatic rings. The first-order chi connectivity index (χ1) is 7.85. The highest BCUT2D eigenvalue weighted by molar-refractivity contribution is 5.75. The molecule has 17 heavy (non-hydrogen) atoms. The summed E-state index contributed by atoms with van der Waals surface area (Å²) in [5.41, 5.74) is 0.204. The first kappa shape index (κ1) is 12.6. The summed E-state index contributed by atoms with van der Waals surface area (Å²) in [7, 11) is 5.79. The summed E-state index contributed by atoms with van der Waals surface area (Å²) in [4.78, 5) is 20.3. The predicted octanol–water partition coefficient (Wildman–Crippen LogP) is 0.336. The molecule has 2 amide bonds. The average molecular weight is 240 g/mol. The predicted molar refractivity (Wildman–Crippen MR) is 67.9 cm³/mol. The van der Waals surface area contributed by atoms with Crippen molar-refractivity contribution in [3.8, 4) is 0 Å². The Kier molecular flexibility index (Phi) is 3.08. The Balaban J connectivity index is 1.95. The van der Waals surface area contributed by atoms with Crippen LogP contribution in [-0.4, -0.2) is 84.7 Å². The summed E-state index contributed by atoms with van der Waals surface area (Å²) in [5, 5.41) is 0. The van der Waals surface area contributed by atoms with Gasteiger partial charge in [-0.1, -0.05) is 0 Å². The highest BCUT2D eigenvalue weighted by Crippen LogP contribution is 2.33. The molecule has 2 aliphatic heterocycles. The van der Waals surface area contributed by atoms with E-state index in [1.165, 1.54) is 0 Å². The van der Waals surface area contributed by atoms with Gasteiger partial charge in [0, 0.05) is 39.8 Å². The third kappa shape index (κ3) is 2.02. The van der Waals surface area contributed by atoms with Crippen molar-refractivity contribution in [3.05, 3.63) is 0 Å². The third-order valence-corrected chi connectivity index (χ3v) is 4.05. The fourth-order valence-corrected chi connectivity index (χ4v) is 2.74. The lowest BCUT2D eigenvalue weighted by atomic mass is 9.89. The van der Waals surface area contributed by atoms with E-state index >= 15 is 0 Å². The zero-order chi connectivity index (χ0) is 12.8. The molecule has 0 unspecified atom stereocenters. The first-order valence-electron chi connectivity index (χ1n) is 6.27. The molecule has 0 aromatic carbocycles. The van der Waals surface area contributed by atoms with Gasteiger partial charge in [0.2, 0.25) is 0 Å². The molecular weight excluding hydrogens is 216 g/mol. The van der Waals surface area contributed by atoms with Crippen LogP contribution in [0.5, 0.6) is 0 Å². The smallest absolute Gasteiger partial charge is 0.319 e. The van der Waals surface area contributed by atoms with Crippen molar-refractivity contribution in [2.24, 2.45) is 0 Å². The molecule has 2 saturated heterocycles. The fraction of sp³-hybridized carbons (Fsp3) is 0.917. The van der Waals surface area contributed by atoms with Crippen molar-refractivity contribution in [2.45, 2.75) is 25.4 Å². The first-order valence-corrected chi connectivity index (χ1v) is 6.27. The van der Waals surface area contributed by atoms with Crippen molar-refractivity contribution in [1.82, 2.24) is 19.6 Å². The maximum Gasteiger partial charge on any atom is 0.319 e. The van der Waals surface area contributed by atoms with E-state index in [-0.39, 0.29) is 11.6 Å². The molecule has 2 fully saturated rings. The molecule has 0 atom stereocenters. The van der Waals surface area contributed by atoms with E-state index < -0.39 is 0 Å². The molecule has 0 aliphatic carbocycles. The van der Waals surface area contributed by atoms with Crippen molar-refractivity contribution < 1.29 is 4.79 Å². The van der Waals surface area contributed by atoms with Crippen LogP contribution >= 0.6 is 0 Å². The van der Waals surface area contributed by atoms with Crippen LogP contribution in [0.1, 0.15) is 13.8 Å². The highest BCUT2D eigenvalue weighted by atomic mass is 16.2. The topological polar surface area (TPSA) is 30.0 Å². The van der Waals surface area contributed by atoms with Gasteiger partial charge in [0.25, 0.3) is 0 Å². The molecule has 0 saturated carbocycles. The Hall–Kier alpha value is -0.810. The lowest BCUT2D eigenvalue weighted by molar-refractivity contribution is 0.0105. The Morgan fingerprint density at radius 2 is 1.82 bits per heavy atom.